The molecule has 1 N–H and O–H groups in total. The Balaban J connectivity index is 1.80. The van der Waals surface area contributed by atoms with E-state index in [1.807, 2.05) is 18.2 Å². The maximum absolute atomic E-state index is 5.63. The van der Waals surface area contributed by atoms with Crippen molar-refractivity contribution in [3.63, 3.8) is 0 Å². The lowest BCUT2D eigenvalue weighted by Crippen LogP contribution is -2.44. The van der Waals surface area contributed by atoms with Gasteiger partial charge < -0.3 is 14.4 Å². The summed E-state index contributed by atoms with van der Waals surface area (Å²) in [6, 6.07) is 8.21. The normalized spacial score (nSPS) is 16.7. The minimum Gasteiger partial charge on any atom is -0.494 e. The molecule has 8 heteroatoms. The van der Waals surface area contributed by atoms with Crippen LogP contribution in [0.1, 0.15) is 6.92 Å². The molecule has 1 atom stereocenters. The number of aromatic nitrogens is 5. The molecular formula is C22H22N6O2. The molecule has 5 rings (SSSR count). The Bertz CT molecular complexity index is 1180. The Kier molecular flexibility index (Phi) is 4.76. The van der Waals surface area contributed by atoms with Gasteiger partial charge >= 0.3 is 0 Å². The predicted molar refractivity (Wildman–Crippen MR) is 115 cm³/mol. The molecular weight excluding hydrogens is 380 g/mol. The van der Waals surface area contributed by atoms with Gasteiger partial charge in [0.15, 0.2) is 0 Å². The van der Waals surface area contributed by atoms with Gasteiger partial charge in [-0.2, -0.15) is 5.10 Å². The molecule has 0 aromatic carbocycles. The fourth-order valence-corrected chi connectivity index (χ4v) is 3.93. The minimum atomic E-state index is 0.225. The first-order valence-corrected chi connectivity index (χ1v) is 9.88. The van der Waals surface area contributed by atoms with Gasteiger partial charge in [-0.25, -0.2) is 4.98 Å². The second kappa shape index (κ2) is 7.72. The second-order valence-electron chi connectivity index (χ2n) is 7.25. The van der Waals surface area contributed by atoms with Crippen LogP contribution in [-0.2, 0) is 4.74 Å². The molecule has 4 aromatic heterocycles. The Hall–Kier alpha value is -3.52. The molecule has 0 bridgehead atoms. The van der Waals surface area contributed by atoms with Crippen molar-refractivity contribution in [3.05, 3.63) is 49.1 Å². The summed E-state index contributed by atoms with van der Waals surface area (Å²) in [6.07, 6.45) is 7.03. The Morgan fingerprint density at radius 2 is 2.10 bits per heavy atom. The zero-order chi connectivity index (χ0) is 20.5. The number of H-pyrrole nitrogens is 1. The van der Waals surface area contributed by atoms with Crippen molar-refractivity contribution < 1.29 is 9.47 Å². The number of rotatable bonds is 4. The van der Waals surface area contributed by atoms with Crippen LogP contribution in [0.2, 0.25) is 0 Å². The van der Waals surface area contributed by atoms with E-state index >= 15 is 0 Å². The predicted octanol–water partition coefficient (Wildman–Crippen LogP) is 3.32. The number of ether oxygens (including phenoxy) is 2. The molecule has 0 aliphatic carbocycles. The lowest BCUT2D eigenvalue weighted by Gasteiger charge is -2.34. The first-order valence-electron chi connectivity index (χ1n) is 9.88. The van der Waals surface area contributed by atoms with E-state index in [-0.39, 0.29) is 6.04 Å². The van der Waals surface area contributed by atoms with Gasteiger partial charge in [-0.05, 0) is 36.8 Å². The molecule has 1 fully saturated rings. The zero-order valence-electron chi connectivity index (χ0n) is 16.9. The van der Waals surface area contributed by atoms with Gasteiger partial charge in [-0.15, -0.1) is 0 Å². The number of fused-ring (bicyclic) bond motifs is 1. The summed E-state index contributed by atoms with van der Waals surface area (Å²) in [5.74, 6) is 1.60. The largest absolute Gasteiger partial charge is 0.494 e. The fraction of sp³-hybridized carbons (Fsp3) is 0.273. The topological polar surface area (TPSA) is 89.0 Å². The van der Waals surface area contributed by atoms with Crippen molar-refractivity contribution in [2.45, 2.75) is 13.0 Å². The summed E-state index contributed by atoms with van der Waals surface area (Å²) in [7, 11) is 1.66. The van der Waals surface area contributed by atoms with Crippen LogP contribution in [0, 0.1) is 0 Å². The fourth-order valence-electron chi connectivity index (χ4n) is 3.93. The van der Waals surface area contributed by atoms with Crippen molar-refractivity contribution in [1.82, 2.24) is 25.1 Å². The van der Waals surface area contributed by atoms with E-state index in [9.17, 15) is 0 Å². The number of methoxy groups -OCH3 is 1. The molecule has 5 heterocycles. The number of morpholine rings is 1. The van der Waals surface area contributed by atoms with E-state index in [1.54, 1.807) is 31.9 Å². The van der Waals surface area contributed by atoms with E-state index in [0.29, 0.717) is 19.0 Å². The molecule has 0 unspecified atom stereocenters. The monoisotopic (exact) mass is 402 g/mol. The number of aromatic amines is 1. The Morgan fingerprint density at radius 3 is 2.90 bits per heavy atom. The van der Waals surface area contributed by atoms with Crippen LogP contribution in [-0.4, -0.2) is 58.1 Å². The van der Waals surface area contributed by atoms with Gasteiger partial charge in [0, 0.05) is 36.1 Å². The van der Waals surface area contributed by atoms with Crippen molar-refractivity contribution in [3.8, 4) is 28.3 Å². The highest BCUT2D eigenvalue weighted by Gasteiger charge is 2.23. The summed E-state index contributed by atoms with van der Waals surface area (Å²) in [5.41, 5.74) is 4.39. The molecule has 0 radical (unpaired) electrons. The van der Waals surface area contributed by atoms with Crippen LogP contribution in [0.5, 0.6) is 5.75 Å². The molecule has 0 spiro atoms. The maximum Gasteiger partial charge on any atom is 0.144 e. The first kappa shape index (κ1) is 18.5. The SMILES string of the molecule is COc1cnccc1-c1cc(N2CCOC[C@H]2C)nc2c(-c3ccn[nH]3)nccc12. The van der Waals surface area contributed by atoms with Crippen LogP contribution in [0.3, 0.4) is 0 Å². The van der Waals surface area contributed by atoms with Crippen molar-refractivity contribution in [2.75, 3.05) is 31.8 Å². The second-order valence-corrected chi connectivity index (χ2v) is 7.25. The highest BCUT2D eigenvalue weighted by atomic mass is 16.5. The molecule has 8 nitrogen and oxygen atoms in total. The van der Waals surface area contributed by atoms with Crippen LogP contribution in [0.25, 0.3) is 33.4 Å². The third kappa shape index (κ3) is 3.15. The van der Waals surface area contributed by atoms with Gasteiger partial charge in [0.25, 0.3) is 0 Å². The quantitative estimate of drug-likeness (QED) is 0.560. The van der Waals surface area contributed by atoms with E-state index in [1.165, 1.54) is 0 Å². The Morgan fingerprint density at radius 1 is 1.17 bits per heavy atom. The number of nitrogens with zero attached hydrogens (tertiary/aromatic N) is 5. The molecule has 1 aliphatic rings. The summed E-state index contributed by atoms with van der Waals surface area (Å²) in [4.78, 5) is 16.2. The third-order valence-electron chi connectivity index (χ3n) is 5.43. The van der Waals surface area contributed by atoms with Gasteiger partial charge in [0.1, 0.15) is 22.8 Å². The van der Waals surface area contributed by atoms with Crippen molar-refractivity contribution in [2.24, 2.45) is 0 Å². The number of nitrogens with one attached hydrogen (secondary N) is 1. The molecule has 152 valence electrons. The smallest absolute Gasteiger partial charge is 0.144 e. The average Bonchev–Trinajstić information content (AvgIpc) is 3.33. The van der Waals surface area contributed by atoms with Crippen molar-refractivity contribution >= 4 is 16.7 Å². The van der Waals surface area contributed by atoms with Crippen LogP contribution < -0.4 is 9.64 Å². The van der Waals surface area contributed by atoms with E-state index in [4.69, 9.17) is 14.5 Å². The van der Waals surface area contributed by atoms with Gasteiger partial charge in [0.2, 0.25) is 0 Å². The highest BCUT2D eigenvalue weighted by molar-refractivity contribution is 6.02. The lowest BCUT2D eigenvalue weighted by atomic mass is 10.00. The van der Waals surface area contributed by atoms with E-state index < -0.39 is 0 Å². The number of anilines is 1. The van der Waals surface area contributed by atoms with Crippen molar-refractivity contribution in [1.29, 1.82) is 0 Å². The number of hydrogen-bond donors (Lipinski definition) is 1. The van der Waals surface area contributed by atoms with Gasteiger partial charge in [-0.3, -0.25) is 15.1 Å². The van der Waals surface area contributed by atoms with E-state index in [2.05, 4.69) is 38.1 Å². The molecule has 30 heavy (non-hydrogen) atoms. The molecule has 0 saturated carbocycles. The molecule has 0 amide bonds. The third-order valence-corrected chi connectivity index (χ3v) is 5.43. The molecule has 4 aromatic rings. The number of hydrogen-bond acceptors (Lipinski definition) is 7. The van der Waals surface area contributed by atoms with Crippen LogP contribution in [0.4, 0.5) is 5.82 Å². The average molecular weight is 402 g/mol. The van der Waals surface area contributed by atoms with E-state index in [0.717, 1.165) is 45.8 Å². The van der Waals surface area contributed by atoms with Gasteiger partial charge in [0.05, 0.1) is 38.3 Å². The minimum absolute atomic E-state index is 0.225. The van der Waals surface area contributed by atoms with Crippen LogP contribution in [0.15, 0.2) is 49.1 Å². The van der Waals surface area contributed by atoms with Gasteiger partial charge in [-0.1, -0.05) is 0 Å². The number of pyridine rings is 3. The highest BCUT2D eigenvalue weighted by Crippen LogP contribution is 2.38. The standard InChI is InChI=1S/C22H22N6O2/c1-14-13-30-10-9-28(14)20-11-17(15-3-6-23-12-19(15)29-2)16-4-7-24-22(21(16)26-20)18-5-8-25-27-18/h3-8,11-12,14H,9-10,13H2,1-2H3,(H,25,27)/t14-/m1/s1. The molecule has 1 aliphatic heterocycles. The Labute approximate surface area is 173 Å². The summed E-state index contributed by atoms with van der Waals surface area (Å²) < 4.78 is 11.2. The maximum atomic E-state index is 5.63. The summed E-state index contributed by atoms with van der Waals surface area (Å²) in [6.45, 7) is 4.29. The van der Waals surface area contributed by atoms with Crippen LogP contribution >= 0.6 is 0 Å². The summed E-state index contributed by atoms with van der Waals surface area (Å²) in [5, 5.41) is 8.09. The first-order chi connectivity index (χ1) is 14.8. The lowest BCUT2D eigenvalue weighted by molar-refractivity contribution is 0.0986. The zero-order valence-corrected chi connectivity index (χ0v) is 16.9. The molecule has 1 saturated heterocycles. The summed E-state index contributed by atoms with van der Waals surface area (Å²) >= 11 is 0.